The van der Waals surface area contributed by atoms with Crippen molar-refractivity contribution in [1.82, 2.24) is 14.5 Å². The number of carbonyl (C=O) groups is 1. The Morgan fingerprint density at radius 2 is 2.10 bits per heavy atom. The number of fused-ring (bicyclic) bond motifs is 1. The average Bonchev–Trinajstić information content (AvgIpc) is 3.14. The Morgan fingerprint density at radius 1 is 1.33 bits per heavy atom. The van der Waals surface area contributed by atoms with Crippen molar-refractivity contribution in [2.75, 3.05) is 13.1 Å². The number of carbonyl (C=O) groups excluding carboxylic acids is 1. The molecule has 1 aromatic heterocycles. The van der Waals surface area contributed by atoms with E-state index in [1.807, 2.05) is 21.6 Å². The number of hydrogen-bond acceptors (Lipinski definition) is 3. The molecule has 0 saturated carbocycles. The molecule has 1 amide bonds. The highest BCUT2D eigenvalue weighted by molar-refractivity contribution is 5.81. The summed E-state index contributed by atoms with van der Waals surface area (Å²) in [6, 6.07) is 6.09. The molecule has 0 aliphatic carbocycles. The highest BCUT2D eigenvalue weighted by Gasteiger charge is 2.20. The molecule has 1 aromatic carbocycles. The van der Waals surface area contributed by atoms with Crippen LogP contribution in [0.1, 0.15) is 31.2 Å². The summed E-state index contributed by atoms with van der Waals surface area (Å²) >= 11 is 0. The first-order valence-corrected chi connectivity index (χ1v) is 7.59. The second-order valence-corrected chi connectivity index (χ2v) is 5.54. The van der Waals surface area contributed by atoms with Gasteiger partial charge in [0.1, 0.15) is 19.0 Å². The van der Waals surface area contributed by atoms with E-state index in [2.05, 4.69) is 18.0 Å². The number of aromatic nitrogens is 2. The molecule has 2 heterocycles. The van der Waals surface area contributed by atoms with Crippen LogP contribution in [0.5, 0.6) is 0 Å². The molecular weight excluding hydrogens is 266 g/mol. The summed E-state index contributed by atoms with van der Waals surface area (Å²) in [5, 5.41) is 9.52. The molecule has 0 bridgehead atoms. The summed E-state index contributed by atoms with van der Waals surface area (Å²) in [5.41, 5.74) is 2.99. The number of aryl methyl sites for hydroxylation is 1. The molecular formula is C16H21N3O2. The van der Waals surface area contributed by atoms with Gasteiger partial charge in [0.05, 0.1) is 11.0 Å². The average molecular weight is 287 g/mol. The Morgan fingerprint density at radius 3 is 2.76 bits per heavy atom. The Labute approximate surface area is 124 Å². The molecule has 5 heteroatoms. The molecule has 5 nitrogen and oxygen atoms in total. The molecule has 1 aliphatic rings. The Bertz CT molecular complexity index is 657. The maximum Gasteiger partial charge on any atom is 0.242 e. The molecule has 1 fully saturated rings. The number of likely N-dealkylation sites (tertiary alicyclic amines) is 1. The Kier molecular flexibility index (Phi) is 3.92. The second-order valence-electron chi connectivity index (χ2n) is 5.54. The summed E-state index contributed by atoms with van der Waals surface area (Å²) in [6.45, 7) is 3.91. The number of nitrogens with zero attached hydrogens (tertiary/aromatic N) is 3. The van der Waals surface area contributed by atoms with Crippen molar-refractivity contribution in [3.8, 4) is 0 Å². The van der Waals surface area contributed by atoms with E-state index in [0.29, 0.717) is 5.82 Å². The van der Waals surface area contributed by atoms with Crippen molar-refractivity contribution >= 4 is 16.9 Å². The summed E-state index contributed by atoms with van der Waals surface area (Å²) in [4.78, 5) is 18.7. The largest absolute Gasteiger partial charge is 0.388 e. The minimum Gasteiger partial charge on any atom is -0.388 e. The zero-order valence-electron chi connectivity index (χ0n) is 12.4. The molecule has 3 rings (SSSR count). The molecule has 1 N–H and O–H groups in total. The van der Waals surface area contributed by atoms with Crippen molar-refractivity contribution in [2.24, 2.45) is 0 Å². The third-order valence-electron chi connectivity index (χ3n) is 4.19. The normalized spacial score (nSPS) is 15.0. The fraction of sp³-hybridized carbons (Fsp3) is 0.500. The van der Waals surface area contributed by atoms with Gasteiger partial charge in [-0.2, -0.15) is 0 Å². The van der Waals surface area contributed by atoms with Crippen LogP contribution in [0.15, 0.2) is 18.2 Å². The minimum absolute atomic E-state index is 0.112. The lowest BCUT2D eigenvalue weighted by Crippen LogP contribution is -2.31. The second kappa shape index (κ2) is 5.85. The monoisotopic (exact) mass is 287 g/mol. The molecule has 112 valence electrons. The molecule has 1 saturated heterocycles. The van der Waals surface area contributed by atoms with Gasteiger partial charge in [0, 0.05) is 13.1 Å². The van der Waals surface area contributed by atoms with E-state index in [4.69, 9.17) is 0 Å². The van der Waals surface area contributed by atoms with Crippen molar-refractivity contribution in [1.29, 1.82) is 0 Å². The lowest BCUT2D eigenvalue weighted by atomic mass is 10.1. The topological polar surface area (TPSA) is 58.4 Å². The maximum atomic E-state index is 12.3. The van der Waals surface area contributed by atoms with E-state index in [1.54, 1.807) is 0 Å². The maximum absolute atomic E-state index is 12.3. The predicted octanol–water partition coefficient (Wildman–Crippen LogP) is 1.71. The van der Waals surface area contributed by atoms with Gasteiger partial charge in [-0.05, 0) is 37.0 Å². The van der Waals surface area contributed by atoms with Gasteiger partial charge in [-0.25, -0.2) is 4.98 Å². The highest BCUT2D eigenvalue weighted by atomic mass is 16.3. The molecule has 0 unspecified atom stereocenters. The number of imidazole rings is 1. The van der Waals surface area contributed by atoms with Crippen LogP contribution in [-0.2, 0) is 24.4 Å². The van der Waals surface area contributed by atoms with Gasteiger partial charge in [-0.15, -0.1) is 0 Å². The number of benzene rings is 1. The van der Waals surface area contributed by atoms with E-state index in [0.717, 1.165) is 43.4 Å². The van der Waals surface area contributed by atoms with Gasteiger partial charge in [0.2, 0.25) is 5.91 Å². The summed E-state index contributed by atoms with van der Waals surface area (Å²) in [7, 11) is 0. The fourth-order valence-corrected chi connectivity index (χ4v) is 2.94. The van der Waals surface area contributed by atoms with E-state index in [9.17, 15) is 9.90 Å². The fourth-order valence-electron chi connectivity index (χ4n) is 2.94. The molecule has 2 aromatic rings. The summed E-state index contributed by atoms with van der Waals surface area (Å²) < 4.78 is 1.84. The smallest absolute Gasteiger partial charge is 0.242 e. The molecule has 0 radical (unpaired) electrons. The van der Waals surface area contributed by atoms with Crippen molar-refractivity contribution in [3.05, 3.63) is 29.6 Å². The van der Waals surface area contributed by atoms with Gasteiger partial charge < -0.3 is 14.6 Å². The van der Waals surface area contributed by atoms with Gasteiger partial charge in [0.25, 0.3) is 0 Å². The zero-order chi connectivity index (χ0) is 14.8. The van der Waals surface area contributed by atoms with E-state index < -0.39 is 0 Å². The Hall–Kier alpha value is -1.88. The lowest BCUT2D eigenvalue weighted by Gasteiger charge is -2.16. The highest BCUT2D eigenvalue weighted by Crippen LogP contribution is 2.19. The SMILES string of the molecule is CCc1ccc2c(c1)nc(CO)n2CC(=O)N1CCCC1. The molecule has 0 atom stereocenters. The van der Waals surface area contributed by atoms with Crippen molar-refractivity contribution in [2.45, 2.75) is 39.3 Å². The van der Waals surface area contributed by atoms with Crippen molar-refractivity contribution < 1.29 is 9.90 Å². The van der Waals surface area contributed by atoms with Crippen LogP contribution >= 0.6 is 0 Å². The minimum atomic E-state index is -0.149. The van der Waals surface area contributed by atoms with Gasteiger partial charge >= 0.3 is 0 Å². The van der Waals surface area contributed by atoms with Gasteiger partial charge in [-0.1, -0.05) is 13.0 Å². The zero-order valence-corrected chi connectivity index (χ0v) is 12.4. The Balaban J connectivity index is 1.94. The van der Waals surface area contributed by atoms with Crippen LogP contribution in [0.3, 0.4) is 0 Å². The number of rotatable bonds is 4. The predicted molar refractivity (Wildman–Crippen MR) is 80.8 cm³/mol. The summed E-state index contributed by atoms with van der Waals surface area (Å²) in [5.74, 6) is 0.673. The van der Waals surface area contributed by atoms with E-state index >= 15 is 0 Å². The van der Waals surface area contributed by atoms with Gasteiger partial charge in [-0.3, -0.25) is 4.79 Å². The van der Waals surface area contributed by atoms with Crippen LogP contribution in [0.25, 0.3) is 11.0 Å². The van der Waals surface area contributed by atoms with Crippen LogP contribution in [0.4, 0.5) is 0 Å². The standard InChI is InChI=1S/C16H21N3O2/c1-2-12-5-6-14-13(9-12)17-15(11-20)19(14)10-16(21)18-7-3-4-8-18/h5-6,9,20H,2-4,7-8,10-11H2,1H3. The quantitative estimate of drug-likeness (QED) is 0.931. The van der Waals surface area contributed by atoms with Crippen LogP contribution in [0, 0.1) is 0 Å². The number of amides is 1. The lowest BCUT2D eigenvalue weighted by molar-refractivity contribution is -0.130. The van der Waals surface area contributed by atoms with Gasteiger partial charge in [0.15, 0.2) is 0 Å². The number of aliphatic hydroxyl groups excluding tert-OH is 1. The van der Waals surface area contributed by atoms with Crippen LogP contribution in [0.2, 0.25) is 0 Å². The third kappa shape index (κ3) is 2.65. The first-order valence-electron chi connectivity index (χ1n) is 7.59. The third-order valence-corrected chi connectivity index (χ3v) is 4.19. The van der Waals surface area contributed by atoms with E-state index in [1.165, 1.54) is 5.56 Å². The van der Waals surface area contributed by atoms with E-state index in [-0.39, 0.29) is 19.1 Å². The summed E-state index contributed by atoms with van der Waals surface area (Å²) in [6.07, 6.45) is 3.12. The number of aliphatic hydroxyl groups is 1. The number of hydrogen-bond donors (Lipinski definition) is 1. The van der Waals surface area contributed by atoms with Crippen LogP contribution < -0.4 is 0 Å². The first-order chi connectivity index (χ1) is 10.2. The van der Waals surface area contributed by atoms with Crippen LogP contribution in [-0.4, -0.2) is 38.6 Å². The van der Waals surface area contributed by atoms with Crippen molar-refractivity contribution in [3.63, 3.8) is 0 Å². The molecule has 0 spiro atoms. The first kappa shape index (κ1) is 14.1. The molecule has 21 heavy (non-hydrogen) atoms. The molecule has 1 aliphatic heterocycles.